The quantitative estimate of drug-likeness (QED) is 0.885. The number of rotatable bonds is 4. The zero-order chi connectivity index (χ0) is 15.7. The number of aromatic nitrogens is 2. The SMILES string of the molecule is Cc1cc(-n2cccn2)ccc1CN1CCC(N)(C(=O)O)C1. The molecule has 1 unspecified atom stereocenters. The van der Waals surface area contributed by atoms with E-state index in [4.69, 9.17) is 5.73 Å². The molecule has 2 aromatic rings. The molecular weight excluding hydrogens is 280 g/mol. The molecule has 1 saturated heterocycles. The van der Waals surface area contributed by atoms with Crippen molar-refractivity contribution in [2.24, 2.45) is 5.73 Å². The van der Waals surface area contributed by atoms with E-state index in [2.05, 4.69) is 29.1 Å². The van der Waals surface area contributed by atoms with Crippen molar-refractivity contribution in [3.05, 3.63) is 47.8 Å². The number of hydrogen-bond acceptors (Lipinski definition) is 4. The summed E-state index contributed by atoms with van der Waals surface area (Å²) < 4.78 is 1.82. The van der Waals surface area contributed by atoms with Crippen LogP contribution in [0.5, 0.6) is 0 Å². The maximum Gasteiger partial charge on any atom is 0.325 e. The van der Waals surface area contributed by atoms with Crippen LogP contribution in [0, 0.1) is 6.92 Å². The van der Waals surface area contributed by atoms with Crippen LogP contribution < -0.4 is 5.73 Å². The van der Waals surface area contributed by atoms with Gasteiger partial charge >= 0.3 is 5.97 Å². The number of carboxylic acid groups (broad SMARTS) is 1. The molecule has 1 fully saturated rings. The van der Waals surface area contributed by atoms with Gasteiger partial charge in [0.15, 0.2) is 0 Å². The summed E-state index contributed by atoms with van der Waals surface area (Å²) in [6.07, 6.45) is 4.15. The molecule has 1 aliphatic heterocycles. The lowest BCUT2D eigenvalue weighted by Crippen LogP contribution is -2.50. The molecule has 116 valence electrons. The summed E-state index contributed by atoms with van der Waals surface area (Å²) in [6.45, 7) is 3.88. The predicted octanol–water partition coefficient (Wildman–Crippen LogP) is 1.17. The fraction of sp³-hybridized carbons (Fsp3) is 0.375. The van der Waals surface area contributed by atoms with Crippen molar-refractivity contribution in [3.8, 4) is 5.69 Å². The number of nitrogens with two attached hydrogens (primary N) is 1. The van der Waals surface area contributed by atoms with Gasteiger partial charge in [-0.3, -0.25) is 9.69 Å². The Kier molecular flexibility index (Phi) is 3.72. The van der Waals surface area contributed by atoms with Crippen LogP contribution in [0.3, 0.4) is 0 Å². The Labute approximate surface area is 129 Å². The number of carboxylic acids is 1. The van der Waals surface area contributed by atoms with Gasteiger partial charge in [0.25, 0.3) is 0 Å². The molecule has 1 aromatic carbocycles. The zero-order valence-electron chi connectivity index (χ0n) is 12.6. The van der Waals surface area contributed by atoms with Gasteiger partial charge in [-0.25, -0.2) is 4.68 Å². The van der Waals surface area contributed by atoms with Crippen LogP contribution in [0.4, 0.5) is 0 Å². The standard InChI is InChI=1S/C16H20N4O2/c1-12-9-14(20-7-2-6-18-20)4-3-13(12)10-19-8-5-16(17,11-19)15(21)22/h2-4,6-7,9H,5,8,10-11,17H2,1H3,(H,21,22). The molecule has 0 amide bonds. The van der Waals surface area contributed by atoms with E-state index in [0.717, 1.165) is 17.8 Å². The smallest absolute Gasteiger partial charge is 0.325 e. The molecular formula is C16H20N4O2. The lowest BCUT2D eigenvalue weighted by atomic mass is 10.0. The Morgan fingerprint density at radius 1 is 1.50 bits per heavy atom. The van der Waals surface area contributed by atoms with E-state index in [1.807, 2.05) is 23.0 Å². The Balaban J connectivity index is 1.73. The average molecular weight is 300 g/mol. The maximum absolute atomic E-state index is 11.2. The fourth-order valence-corrected chi connectivity index (χ4v) is 2.89. The van der Waals surface area contributed by atoms with Gasteiger partial charge in [0.05, 0.1) is 5.69 Å². The van der Waals surface area contributed by atoms with Crippen molar-refractivity contribution >= 4 is 5.97 Å². The predicted molar refractivity (Wildman–Crippen MR) is 82.7 cm³/mol. The molecule has 2 heterocycles. The number of benzene rings is 1. The molecule has 6 nitrogen and oxygen atoms in total. The number of aryl methyl sites for hydroxylation is 1. The second-order valence-electron chi connectivity index (χ2n) is 5.98. The number of hydrogen-bond donors (Lipinski definition) is 2. The van der Waals surface area contributed by atoms with E-state index in [-0.39, 0.29) is 0 Å². The van der Waals surface area contributed by atoms with Gasteiger partial charge in [-0.1, -0.05) is 6.07 Å². The van der Waals surface area contributed by atoms with Gasteiger partial charge in [-0.05, 0) is 42.7 Å². The van der Waals surface area contributed by atoms with Gasteiger partial charge in [0.1, 0.15) is 5.54 Å². The second-order valence-corrected chi connectivity index (χ2v) is 5.98. The van der Waals surface area contributed by atoms with Crippen LogP contribution in [-0.2, 0) is 11.3 Å². The van der Waals surface area contributed by atoms with Crippen molar-refractivity contribution in [2.45, 2.75) is 25.4 Å². The molecule has 0 saturated carbocycles. The van der Waals surface area contributed by atoms with Gasteiger partial charge in [-0.2, -0.15) is 5.10 Å². The van der Waals surface area contributed by atoms with Gasteiger partial charge in [0, 0.05) is 32.0 Å². The van der Waals surface area contributed by atoms with Crippen LogP contribution in [0.25, 0.3) is 5.69 Å². The highest BCUT2D eigenvalue weighted by molar-refractivity contribution is 5.79. The molecule has 0 spiro atoms. The highest BCUT2D eigenvalue weighted by atomic mass is 16.4. The largest absolute Gasteiger partial charge is 0.480 e. The zero-order valence-corrected chi connectivity index (χ0v) is 12.6. The molecule has 1 atom stereocenters. The number of aliphatic carboxylic acids is 1. The first-order chi connectivity index (χ1) is 10.5. The second kappa shape index (κ2) is 5.55. The third-order valence-electron chi connectivity index (χ3n) is 4.29. The Morgan fingerprint density at radius 3 is 2.91 bits per heavy atom. The summed E-state index contributed by atoms with van der Waals surface area (Å²) in [5, 5.41) is 13.4. The molecule has 6 heteroatoms. The first-order valence-corrected chi connectivity index (χ1v) is 7.32. The van der Waals surface area contributed by atoms with E-state index < -0.39 is 11.5 Å². The topological polar surface area (TPSA) is 84.4 Å². The minimum absolute atomic E-state index is 0.392. The first-order valence-electron chi connectivity index (χ1n) is 7.32. The molecule has 22 heavy (non-hydrogen) atoms. The third kappa shape index (κ3) is 2.75. The van der Waals surface area contributed by atoms with Crippen molar-refractivity contribution in [1.82, 2.24) is 14.7 Å². The van der Waals surface area contributed by atoms with Crippen molar-refractivity contribution in [1.29, 1.82) is 0 Å². The van der Waals surface area contributed by atoms with Crippen LogP contribution >= 0.6 is 0 Å². The third-order valence-corrected chi connectivity index (χ3v) is 4.29. The van der Waals surface area contributed by atoms with Gasteiger partial charge < -0.3 is 10.8 Å². The number of nitrogens with zero attached hydrogens (tertiary/aromatic N) is 3. The minimum atomic E-state index is -1.11. The molecule has 3 rings (SSSR count). The van der Waals surface area contributed by atoms with E-state index >= 15 is 0 Å². The van der Waals surface area contributed by atoms with Crippen LogP contribution in [0.2, 0.25) is 0 Å². The normalized spacial score (nSPS) is 22.1. The minimum Gasteiger partial charge on any atom is -0.480 e. The Hall–Kier alpha value is -2.18. The molecule has 0 radical (unpaired) electrons. The highest BCUT2D eigenvalue weighted by Crippen LogP contribution is 2.23. The summed E-state index contributed by atoms with van der Waals surface area (Å²) in [7, 11) is 0. The van der Waals surface area contributed by atoms with E-state index in [1.54, 1.807) is 6.20 Å². The fourth-order valence-electron chi connectivity index (χ4n) is 2.89. The van der Waals surface area contributed by atoms with Crippen LogP contribution in [0.1, 0.15) is 17.5 Å². The highest BCUT2D eigenvalue weighted by Gasteiger charge is 2.41. The van der Waals surface area contributed by atoms with E-state index in [0.29, 0.717) is 19.5 Å². The Bertz CT molecular complexity index is 683. The van der Waals surface area contributed by atoms with Gasteiger partial charge in [0.2, 0.25) is 0 Å². The summed E-state index contributed by atoms with van der Waals surface area (Å²) >= 11 is 0. The molecule has 0 aliphatic carbocycles. The summed E-state index contributed by atoms with van der Waals surface area (Å²) in [4.78, 5) is 13.3. The molecule has 0 bridgehead atoms. The first kappa shape index (κ1) is 14.7. The molecule has 1 aliphatic rings. The summed E-state index contributed by atoms with van der Waals surface area (Å²) in [5.41, 5.74) is 8.18. The van der Waals surface area contributed by atoms with Crippen LogP contribution in [0.15, 0.2) is 36.7 Å². The van der Waals surface area contributed by atoms with Gasteiger partial charge in [-0.15, -0.1) is 0 Å². The summed E-state index contributed by atoms with van der Waals surface area (Å²) in [5.74, 6) is -0.916. The summed E-state index contributed by atoms with van der Waals surface area (Å²) in [6, 6.07) is 8.08. The van der Waals surface area contributed by atoms with E-state index in [9.17, 15) is 9.90 Å². The Morgan fingerprint density at radius 2 is 2.32 bits per heavy atom. The average Bonchev–Trinajstić information content (AvgIpc) is 3.12. The lowest BCUT2D eigenvalue weighted by Gasteiger charge is -2.21. The molecule has 3 N–H and O–H groups in total. The van der Waals surface area contributed by atoms with Crippen molar-refractivity contribution in [2.75, 3.05) is 13.1 Å². The van der Waals surface area contributed by atoms with Crippen molar-refractivity contribution in [3.63, 3.8) is 0 Å². The van der Waals surface area contributed by atoms with Crippen molar-refractivity contribution < 1.29 is 9.90 Å². The maximum atomic E-state index is 11.2. The molecule has 1 aromatic heterocycles. The monoisotopic (exact) mass is 300 g/mol. The number of likely N-dealkylation sites (tertiary alicyclic amines) is 1. The van der Waals surface area contributed by atoms with Crippen LogP contribution in [-0.4, -0.2) is 44.4 Å². The van der Waals surface area contributed by atoms with E-state index in [1.165, 1.54) is 5.56 Å². The lowest BCUT2D eigenvalue weighted by molar-refractivity contribution is -0.142. The number of carbonyl (C=O) groups is 1.